The van der Waals surface area contributed by atoms with E-state index in [4.69, 9.17) is 11.6 Å². The molecule has 1 N–H and O–H groups in total. The van der Waals surface area contributed by atoms with Crippen molar-refractivity contribution >= 4 is 21.8 Å². The minimum absolute atomic E-state index is 0.106. The Balaban J connectivity index is 2.34. The molecule has 102 valence electrons. The van der Waals surface area contributed by atoms with Gasteiger partial charge in [-0.25, -0.2) is 4.72 Å². The van der Waals surface area contributed by atoms with Crippen LogP contribution in [0.3, 0.4) is 0 Å². The lowest BCUT2D eigenvalue weighted by Crippen LogP contribution is -2.45. The van der Waals surface area contributed by atoms with Crippen LogP contribution in [-0.2, 0) is 10.2 Å². The molecule has 1 fully saturated rings. The van der Waals surface area contributed by atoms with Gasteiger partial charge in [-0.15, -0.1) is 11.6 Å². The Morgan fingerprint density at radius 3 is 2.82 bits per heavy atom. The van der Waals surface area contributed by atoms with Gasteiger partial charge in [0.2, 0.25) is 0 Å². The van der Waals surface area contributed by atoms with Gasteiger partial charge in [0, 0.05) is 25.0 Å². The summed E-state index contributed by atoms with van der Waals surface area (Å²) in [6.07, 6.45) is 3.70. The third-order valence-corrected chi connectivity index (χ3v) is 4.82. The fraction of sp³-hybridized carbons (Fsp3) is 1.00. The predicted molar refractivity (Wildman–Crippen MR) is 71.4 cm³/mol. The summed E-state index contributed by atoms with van der Waals surface area (Å²) in [5.74, 6) is 0.461. The van der Waals surface area contributed by atoms with Crippen LogP contribution >= 0.6 is 11.6 Å². The normalized spacial score (nSPS) is 24.8. The van der Waals surface area contributed by atoms with Crippen molar-refractivity contribution in [1.29, 1.82) is 0 Å². The summed E-state index contributed by atoms with van der Waals surface area (Å²) in [6, 6.07) is 0. The first-order valence-electron chi connectivity index (χ1n) is 6.30. The van der Waals surface area contributed by atoms with Crippen molar-refractivity contribution in [3.05, 3.63) is 0 Å². The second-order valence-electron chi connectivity index (χ2n) is 4.93. The number of nitrogens with zero attached hydrogens (tertiary/aromatic N) is 1. The van der Waals surface area contributed by atoms with Gasteiger partial charge in [-0.05, 0) is 38.5 Å². The molecule has 1 saturated heterocycles. The standard InChI is InChI=1S/C11H23ClN2O2S/c1-10-5-4-8-14(9-10)17(15,16)13-7-3-6-11(2)12/h10-11,13H,3-9H2,1-2H3. The maximum atomic E-state index is 12.0. The minimum atomic E-state index is -3.27. The molecule has 0 amide bonds. The Hall–Kier alpha value is 0.160. The summed E-state index contributed by atoms with van der Waals surface area (Å²) in [4.78, 5) is 0. The van der Waals surface area contributed by atoms with E-state index in [-0.39, 0.29) is 5.38 Å². The third-order valence-electron chi connectivity index (χ3n) is 3.02. The predicted octanol–water partition coefficient (Wildman–Crippen LogP) is 1.96. The second kappa shape index (κ2) is 6.92. The number of hydrogen-bond acceptors (Lipinski definition) is 2. The maximum absolute atomic E-state index is 12.0. The smallest absolute Gasteiger partial charge is 0.202 e. The lowest BCUT2D eigenvalue weighted by atomic mass is 10.0. The van der Waals surface area contributed by atoms with Gasteiger partial charge in [-0.3, -0.25) is 0 Å². The van der Waals surface area contributed by atoms with Gasteiger partial charge >= 0.3 is 0 Å². The average Bonchev–Trinajstić information content (AvgIpc) is 2.24. The Bertz CT molecular complexity index is 319. The van der Waals surface area contributed by atoms with E-state index in [9.17, 15) is 8.42 Å². The Labute approximate surface area is 110 Å². The zero-order chi connectivity index (χ0) is 12.9. The van der Waals surface area contributed by atoms with E-state index in [2.05, 4.69) is 11.6 Å². The summed E-state index contributed by atoms with van der Waals surface area (Å²) < 4.78 is 28.1. The van der Waals surface area contributed by atoms with Crippen molar-refractivity contribution in [3.8, 4) is 0 Å². The van der Waals surface area contributed by atoms with E-state index >= 15 is 0 Å². The van der Waals surface area contributed by atoms with Crippen LogP contribution in [0.2, 0.25) is 0 Å². The molecule has 17 heavy (non-hydrogen) atoms. The number of alkyl halides is 1. The molecule has 0 saturated carbocycles. The highest BCUT2D eigenvalue weighted by molar-refractivity contribution is 7.87. The zero-order valence-corrected chi connectivity index (χ0v) is 12.2. The lowest BCUT2D eigenvalue weighted by molar-refractivity contribution is 0.278. The molecule has 0 aliphatic carbocycles. The van der Waals surface area contributed by atoms with Crippen LogP contribution in [0.15, 0.2) is 0 Å². The van der Waals surface area contributed by atoms with Crippen LogP contribution in [0, 0.1) is 5.92 Å². The van der Waals surface area contributed by atoms with Crippen molar-refractivity contribution in [3.63, 3.8) is 0 Å². The van der Waals surface area contributed by atoms with E-state index in [1.807, 2.05) is 6.92 Å². The highest BCUT2D eigenvalue weighted by Crippen LogP contribution is 2.17. The summed E-state index contributed by atoms with van der Waals surface area (Å²) >= 11 is 5.81. The van der Waals surface area contributed by atoms with Crippen molar-refractivity contribution in [2.45, 2.75) is 44.9 Å². The van der Waals surface area contributed by atoms with E-state index in [0.29, 0.717) is 25.6 Å². The quantitative estimate of drug-likeness (QED) is 0.598. The second-order valence-corrected chi connectivity index (χ2v) is 7.43. The highest BCUT2D eigenvalue weighted by atomic mass is 35.5. The van der Waals surface area contributed by atoms with Crippen LogP contribution in [0.1, 0.15) is 39.5 Å². The van der Waals surface area contributed by atoms with Crippen molar-refractivity contribution in [1.82, 2.24) is 9.03 Å². The van der Waals surface area contributed by atoms with Crippen molar-refractivity contribution < 1.29 is 8.42 Å². The molecule has 0 aromatic carbocycles. The van der Waals surface area contributed by atoms with Gasteiger partial charge in [-0.2, -0.15) is 12.7 Å². The molecule has 1 aliphatic heterocycles. The number of hydrogen-bond donors (Lipinski definition) is 1. The van der Waals surface area contributed by atoms with Gasteiger partial charge in [0.25, 0.3) is 10.2 Å². The summed E-state index contributed by atoms with van der Waals surface area (Å²) in [6.45, 7) is 5.77. The number of piperidine rings is 1. The molecule has 1 heterocycles. The molecule has 6 heteroatoms. The van der Waals surface area contributed by atoms with Gasteiger partial charge in [0.15, 0.2) is 0 Å². The molecular formula is C11H23ClN2O2S. The molecule has 0 spiro atoms. The molecule has 0 aromatic heterocycles. The molecule has 0 bridgehead atoms. The largest absolute Gasteiger partial charge is 0.279 e. The monoisotopic (exact) mass is 282 g/mol. The third kappa shape index (κ3) is 5.55. The van der Waals surface area contributed by atoms with E-state index in [0.717, 1.165) is 25.7 Å². The average molecular weight is 283 g/mol. The molecule has 1 rings (SSSR count). The van der Waals surface area contributed by atoms with Crippen LogP contribution in [-0.4, -0.2) is 37.7 Å². The summed E-state index contributed by atoms with van der Waals surface area (Å²) in [5, 5.41) is 0.106. The van der Waals surface area contributed by atoms with Gasteiger partial charge in [-0.1, -0.05) is 6.92 Å². The number of halogens is 1. The zero-order valence-electron chi connectivity index (χ0n) is 10.7. The Morgan fingerprint density at radius 1 is 1.53 bits per heavy atom. The topological polar surface area (TPSA) is 49.4 Å². The SMILES string of the molecule is CC(Cl)CCCNS(=O)(=O)N1CCCC(C)C1. The van der Waals surface area contributed by atoms with Crippen LogP contribution in [0.4, 0.5) is 0 Å². The summed E-state index contributed by atoms with van der Waals surface area (Å²) in [7, 11) is -3.27. The number of rotatable bonds is 6. The highest BCUT2D eigenvalue weighted by Gasteiger charge is 2.26. The first-order chi connectivity index (χ1) is 7.92. The van der Waals surface area contributed by atoms with E-state index < -0.39 is 10.2 Å². The van der Waals surface area contributed by atoms with Crippen molar-refractivity contribution in [2.75, 3.05) is 19.6 Å². The summed E-state index contributed by atoms with van der Waals surface area (Å²) in [5.41, 5.74) is 0. The van der Waals surface area contributed by atoms with Gasteiger partial charge in [0.1, 0.15) is 0 Å². The van der Waals surface area contributed by atoms with Gasteiger partial charge in [0.05, 0.1) is 0 Å². The lowest BCUT2D eigenvalue weighted by Gasteiger charge is -2.30. The van der Waals surface area contributed by atoms with Crippen LogP contribution in [0.5, 0.6) is 0 Å². The fourth-order valence-electron chi connectivity index (χ4n) is 2.04. The van der Waals surface area contributed by atoms with E-state index in [1.165, 1.54) is 0 Å². The molecule has 1 aliphatic rings. The molecule has 0 radical (unpaired) electrons. The molecule has 0 aromatic rings. The van der Waals surface area contributed by atoms with E-state index in [1.54, 1.807) is 4.31 Å². The molecule has 4 nitrogen and oxygen atoms in total. The Morgan fingerprint density at radius 2 is 2.24 bits per heavy atom. The molecule has 2 atom stereocenters. The van der Waals surface area contributed by atoms with Crippen molar-refractivity contribution in [2.24, 2.45) is 5.92 Å². The molecule has 2 unspecified atom stereocenters. The Kier molecular flexibility index (Phi) is 6.20. The first-order valence-corrected chi connectivity index (χ1v) is 8.18. The molecular weight excluding hydrogens is 260 g/mol. The fourth-order valence-corrected chi connectivity index (χ4v) is 3.60. The van der Waals surface area contributed by atoms with Crippen LogP contribution in [0.25, 0.3) is 0 Å². The van der Waals surface area contributed by atoms with Crippen LogP contribution < -0.4 is 4.72 Å². The number of nitrogens with one attached hydrogen (secondary N) is 1. The minimum Gasteiger partial charge on any atom is -0.202 e. The van der Waals surface area contributed by atoms with Gasteiger partial charge < -0.3 is 0 Å². The maximum Gasteiger partial charge on any atom is 0.279 e. The first kappa shape index (κ1) is 15.2.